The fourth-order valence-corrected chi connectivity index (χ4v) is 1.05. The van der Waals surface area contributed by atoms with Gasteiger partial charge in [-0.25, -0.2) is 0 Å². The number of carboxylic acid groups (broad SMARTS) is 2. The van der Waals surface area contributed by atoms with Crippen LogP contribution in [0.15, 0.2) is 5.11 Å². The van der Waals surface area contributed by atoms with Crippen LogP contribution in [0.25, 0.3) is 10.4 Å². The van der Waals surface area contributed by atoms with Crippen molar-refractivity contribution in [1.82, 2.24) is 5.32 Å². The van der Waals surface area contributed by atoms with Crippen molar-refractivity contribution in [1.29, 1.82) is 0 Å². The molecule has 8 nitrogen and oxygen atoms in total. The second-order valence-electron chi connectivity index (χ2n) is 3.09. The third kappa shape index (κ3) is 7.60. The Morgan fingerprint density at radius 2 is 2.12 bits per heavy atom. The van der Waals surface area contributed by atoms with E-state index in [1.807, 2.05) is 0 Å². The van der Waals surface area contributed by atoms with E-state index in [2.05, 4.69) is 15.3 Å². The van der Waals surface area contributed by atoms with Crippen LogP contribution in [0.4, 0.5) is 0 Å². The highest BCUT2D eigenvalue weighted by Gasteiger charge is 2.17. The molecule has 90 valence electrons. The number of hydrogen-bond acceptors (Lipinski definition) is 4. The van der Waals surface area contributed by atoms with Gasteiger partial charge in [0.25, 0.3) is 0 Å². The Morgan fingerprint density at radius 3 is 2.62 bits per heavy atom. The number of nitrogens with zero attached hydrogens (tertiary/aromatic N) is 3. The lowest BCUT2D eigenvalue weighted by Gasteiger charge is -2.12. The Hall–Kier alpha value is -1.79. The zero-order chi connectivity index (χ0) is 12.4. The summed E-state index contributed by atoms with van der Waals surface area (Å²) in [4.78, 5) is 23.5. The number of nitrogens with one attached hydrogen (secondary N) is 1. The highest BCUT2D eigenvalue weighted by molar-refractivity contribution is 5.75. The van der Waals surface area contributed by atoms with Gasteiger partial charge in [0, 0.05) is 17.9 Å². The van der Waals surface area contributed by atoms with Crippen LogP contribution in [-0.2, 0) is 9.59 Å². The quantitative estimate of drug-likeness (QED) is 0.230. The van der Waals surface area contributed by atoms with E-state index in [1.54, 1.807) is 0 Å². The predicted molar refractivity (Wildman–Crippen MR) is 54.9 cm³/mol. The smallest absolute Gasteiger partial charge is 0.320 e. The van der Waals surface area contributed by atoms with Crippen LogP contribution >= 0.6 is 0 Å². The van der Waals surface area contributed by atoms with Crippen LogP contribution < -0.4 is 5.32 Å². The van der Waals surface area contributed by atoms with E-state index in [-0.39, 0.29) is 19.4 Å². The second kappa shape index (κ2) is 8.51. The van der Waals surface area contributed by atoms with Gasteiger partial charge in [-0.3, -0.25) is 9.59 Å². The Bertz CT molecular complexity index is 288. The maximum Gasteiger partial charge on any atom is 0.320 e. The molecule has 8 heteroatoms. The van der Waals surface area contributed by atoms with Crippen molar-refractivity contribution in [3.05, 3.63) is 10.4 Å². The highest BCUT2D eigenvalue weighted by Crippen LogP contribution is 1.98. The molecule has 0 saturated heterocycles. The van der Waals surface area contributed by atoms with Crippen LogP contribution in [-0.4, -0.2) is 41.3 Å². The Kier molecular flexibility index (Phi) is 7.56. The zero-order valence-electron chi connectivity index (χ0n) is 8.67. The van der Waals surface area contributed by atoms with Gasteiger partial charge in [0.05, 0.1) is 0 Å². The molecule has 0 rings (SSSR count). The second-order valence-corrected chi connectivity index (χ2v) is 3.09. The first-order chi connectivity index (χ1) is 7.57. The summed E-state index contributed by atoms with van der Waals surface area (Å²) in [6, 6.07) is -0.873. The molecule has 3 N–H and O–H groups in total. The van der Waals surface area contributed by atoms with Crippen molar-refractivity contribution in [3.8, 4) is 0 Å². The van der Waals surface area contributed by atoms with Gasteiger partial charge >= 0.3 is 11.9 Å². The van der Waals surface area contributed by atoms with Crippen molar-refractivity contribution in [2.24, 2.45) is 5.11 Å². The molecule has 0 aromatic carbocycles. The van der Waals surface area contributed by atoms with Crippen LogP contribution in [0.5, 0.6) is 0 Å². The largest absolute Gasteiger partial charge is 0.481 e. The van der Waals surface area contributed by atoms with Gasteiger partial charge in [0.1, 0.15) is 6.04 Å². The molecule has 0 amide bonds. The number of carboxylic acids is 2. The molecular weight excluding hydrogens is 216 g/mol. The van der Waals surface area contributed by atoms with Gasteiger partial charge in [-0.1, -0.05) is 5.11 Å². The van der Waals surface area contributed by atoms with Crippen molar-refractivity contribution in [3.63, 3.8) is 0 Å². The molecule has 0 spiro atoms. The minimum absolute atomic E-state index is 0.0339. The van der Waals surface area contributed by atoms with Crippen molar-refractivity contribution in [2.45, 2.75) is 25.3 Å². The van der Waals surface area contributed by atoms with Crippen LogP contribution in [0.2, 0.25) is 0 Å². The molecule has 0 fully saturated rings. The summed E-state index contributed by atoms with van der Waals surface area (Å²) in [6.45, 7) is 0.657. The van der Waals surface area contributed by atoms with E-state index >= 15 is 0 Å². The number of hydrogen-bond donors (Lipinski definition) is 3. The molecule has 0 heterocycles. The molecule has 0 unspecified atom stereocenters. The van der Waals surface area contributed by atoms with Crippen molar-refractivity contribution in [2.75, 3.05) is 13.1 Å². The van der Waals surface area contributed by atoms with Gasteiger partial charge in [-0.05, 0) is 24.9 Å². The van der Waals surface area contributed by atoms with Crippen LogP contribution in [0.1, 0.15) is 19.3 Å². The third-order valence-corrected chi connectivity index (χ3v) is 1.83. The highest BCUT2D eigenvalue weighted by atomic mass is 16.4. The summed E-state index contributed by atoms with van der Waals surface area (Å²) < 4.78 is 0. The first-order valence-corrected chi connectivity index (χ1v) is 4.76. The van der Waals surface area contributed by atoms with Gasteiger partial charge in [0.15, 0.2) is 0 Å². The SMILES string of the molecule is [N-]=[N+]=NCCCN[C@H](CCC(=O)O)C(=O)O. The molecule has 0 aromatic rings. The fraction of sp³-hybridized carbons (Fsp3) is 0.750. The number of aliphatic carboxylic acids is 2. The predicted octanol–water partition coefficient (Wildman–Crippen LogP) is 0.594. The molecular formula is C8H14N4O4. The minimum atomic E-state index is -1.08. The normalized spacial score (nSPS) is 11.5. The van der Waals surface area contributed by atoms with E-state index in [4.69, 9.17) is 15.7 Å². The van der Waals surface area contributed by atoms with Crippen molar-refractivity contribution >= 4 is 11.9 Å². The maximum atomic E-state index is 10.7. The number of rotatable bonds is 9. The number of carbonyl (C=O) groups is 2. The third-order valence-electron chi connectivity index (χ3n) is 1.83. The van der Waals surface area contributed by atoms with Crippen molar-refractivity contribution < 1.29 is 19.8 Å². The standard InChI is InChI=1S/C8H14N4O4/c9-12-11-5-1-4-10-6(8(15)16)2-3-7(13)14/h6,10H,1-5H2,(H,13,14)(H,15,16)/t6-/m1/s1. The summed E-state index contributed by atoms with van der Waals surface area (Å²) in [5.41, 5.74) is 7.99. The lowest BCUT2D eigenvalue weighted by atomic mass is 10.1. The molecule has 16 heavy (non-hydrogen) atoms. The van der Waals surface area contributed by atoms with Crippen LogP contribution in [0, 0.1) is 0 Å². The maximum absolute atomic E-state index is 10.7. The molecule has 0 aliphatic carbocycles. The summed E-state index contributed by atoms with van der Waals surface area (Å²) in [5, 5.41) is 23.1. The van der Waals surface area contributed by atoms with Gasteiger partial charge in [-0.2, -0.15) is 0 Å². The van der Waals surface area contributed by atoms with Gasteiger partial charge < -0.3 is 15.5 Å². The Labute approximate surface area is 91.9 Å². The van der Waals surface area contributed by atoms with Gasteiger partial charge in [0.2, 0.25) is 0 Å². The molecule has 0 aromatic heterocycles. The van der Waals surface area contributed by atoms with E-state index in [1.165, 1.54) is 0 Å². The number of azide groups is 1. The summed E-state index contributed by atoms with van der Waals surface area (Å²) >= 11 is 0. The summed E-state index contributed by atoms with van der Waals surface area (Å²) in [7, 11) is 0. The average molecular weight is 230 g/mol. The topological polar surface area (TPSA) is 135 Å². The molecule has 0 radical (unpaired) electrons. The van der Waals surface area contributed by atoms with E-state index in [0.29, 0.717) is 13.0 Å². The monoisotopic (exact) mass is 230 g/mol. The molecule has 0 aliphatic rings. The van der Waals surface area contributed by atoms with E-state index in [9.17, 15) is 9.59 Å². The lowest BCUT2D eigenvalue weighted by molar-refractivity contribution is -0.140. The first-order valence-electron chi connectivity index (χ1n) is 4.76. The first kappa shape index (κ1) is 14.2. The summed E-state index contributed by atoms with van der Waals surface area (Å²) in [5.74, 6) is -2.10. The molecule has 0 aliphatic heterocycles. The van der Waals surface area contributed by atoms with E-state index < -0.39 is 18.0 Å². The minimum Gasteiger partial charge on any atom is -0.481 e. The summed E-state index contributed by atoms with van der Waals surface area (Å²) in [6.07, 6.45) is 0.355. The van der Waals surface area contributed by atoms with Crippen LogP contribution in [0.3, 0.4) is 0 Å². The van der Waals surface area contributed by atoms with Gasteiger partial charge in [-0.15, -0.1) is 0 Å². The Balaban J connectivity index is 3.80. The average Bonchev–Trinajstić information content (AvgIpc) is 2.21. The van der Waals surface area contributed by atoms with E-state index in [0.717, 1.165) is 0 Å². The molecule has 1 atom stereocenters. The molecule has 0 saturated carbocycles. The zero-order valence-corrected chi connectivity index (χ0v) is 8.67. The Morgan fingerprint density at radius 1 is 1.44 bits per heavy atom. The molecule has 0 bridgehead atoms. The lowest BCUT2D eigenvalue weighted by Crippen LogP contribution is -2.37. The fourth-order valence-electron chi connectivity index (χ4n) is 1.05.